The highest BCUT2D eigenvalue weighted by Gasteiger charge is 2.15. The van der Waals surface area contributed by atoms with E-state index in [0.29, 0.717) is 18.2 Å². The Morgan fingerprint density at radius 1 is 1.43 bits per heavy atom. The summed E-state index contributed by atoms with van der Waals surface area (Å²) in [4.78, 5) is 8.03. The summed E-state index contributed by atoms with van der Waals surface area (Å²) in [5.74, 6) is 0.560. The van der Waals surface area contributed by atoms with Crippen molar-refractivity contribution >= 4 is 11.6 Å². The molecule has 0 aromatic carbocycles. The number of rotatable bonds is 4. The van der Waals surface area contributed by atoms with Gasteiger partial charge in [-0.25, -0.2) is 9.97 Å². The minimum absolute atomic E-state index is 0.231. The van der Waals surface area contributed by atoms with Gasteiger partial charge in [0.1, 0.15) is 0 Å². The highest BCUT2D eigenvalue weighted by atomic mass is 16.5. The third-order valence-electron chi connectivity index (χ3n) is 1.90. The van der Waals surface area contributed by atoms with Crippen LogP contribution in [0.2, 0.25) is 0 Å². The van der Waals surface area contributed by atoms with Gasteiger partial charge in [-0.15, -0.1) is 0 Å². The summed E-state index contributed by atoms with van der Waals surface area (Å²) >= 11 is 0. The number of nitrogen functional groups attached to an aromatic ring is 1. The first-order valence-electron chi connectivity index (χ1n) is 4.40. The van der Waals surface area contributed by atoms with Gasteiger partial charge in [0.05, 0.1) is 23.7 Å². The second-order valence-corrected chi connectivity index (χ2v) is 3.66. The topological polar surface area (TPSA) is 73.1 Å². The second kappa shape index (κ2) is 4.23. The number of nitrogens with one attached hydrogen (secondary N) is 1. The van der Waals surface area contributed by atoms with Crippen LogP contribution in [0.3, 0.4) is 0 Å². The fraction of sp³-hybridized carbons (Fsp3) is 0.556. The average molecular weight is 196 g/mol. The lowest BCUT2D eigenvalue weighted by Gasteiger charge is -2.22. The van der Waals surface area contributed by atoms with Crippen molar-refractivity contribution in [2.75, 3.05) is 24.7 Å². The van der Waals surface area contributed by atoms with E-state index < -0.39 is 0 Å². The molecule has 1 aromatic rings. The Morgan fingerprint density at radius 3 is 2.50 bits per heavy atom. The number of ether oxygens (including phenoxy) is 1. The monoisotopic (exact) mass is 196 g/mol. The van der Waals surface area contributed by atoms with E-state index in [9.17, 15) is 0 Å². The largest absolute Gasteiger partial charge is 0.396 e. The number of hydrogen-bond donors (Lipinski definition) is 2. The van der Waals surface area contributed by atoms with E-state index in [2.05, 4.69) is 15.3 Å². The Balaban J connectivity index is 2.50. The van der Waals surface area contributed by atoms with E-state index in [1.807, 2.05) is 13.8 Å². The summed E-state index contributed by atoms with van der Waals surface area (Å²) < 4.78 is 5.24. The molecule has 1 rings (SSSR count). The van der Waals surface area contributed by atoms with E-state index >= 15 is 0 Å². The van der Waals surface area contributed by atoms with Crippen LogP contribution >= 0.6 is 0 Å². The minimum atomic E-state index is -0.231. The predicted molar refractivity (Wildman–Crippen MR) is 56.0 cm³/mol. The first-order valence-corrected chi connectivity index (χ1v) is 4.40. The molecule has 78 valence electrons. The van der Waals surface area contributed by atoms with E-state index in [-0.39, 0.29) is 5.60 Å². The third kappa shape index (κ3) is 3.18. The maximum absolute atomic E-state index is 5.46. The van der Waals surface area contributed by atoms with Crippen LogP contribution in [-0.4, -0.2) is 29.2 Å². The van der Waals surface area contributed by atoms with Crippen LogP contribution in [0.5, 0.6) is 0 Å². The smallest absolute Gasteiger partial charge is 0.222 e. The van der Waals surface area contributed by atoms with Gasteiger partial charge in [0.25, 0.3) is 0 Å². The van der Waals surface area contributed by atoms with Crippen molar-refractivity contribution in [3.63, 3.8) is 0 Å². The molecular weight excluding hydrogens is 180 g/mol. The zero-order valence-corrected chi connectivity index (χ0v) is 8.74. The molecule has 0 unspecified atom stereocenters. The van der Waals surface area contributed by atoms with Gasteiger partial charge in [-0.1, -0.05) is 0 Å². The Bertz CT molecular complexity index is 283. The molecule has 0 bridgehead atoms. The Morgan fingerprint density at radius 2 is 2.00 bits per heavy atom. The van der Waals surface area contributed by atoms with Crippen molar-refractivity contribution in [2.24, 2.45) is 0 Å². The fourth-order valence-corrected chi connectivity index (χ4v) is 0.793. The van der Waals surface area contributed by atoms with Crippen molar-refractivity contribution in [1.29, 1.82) is 0 Å². The lowest BCUT2D eigenvalue weighted by atomic mass is 10.1. The third-order valence-corrected chi connectivity index (χ3v) is 1.90. The molecule has 0 aliphatic heterocycles. The van der Waals surface area contributed by atoms with Crippen LogP contribution in [0.4, 0.5) is 11.6 Å². The quantitative estimate of drug-likeness (QED) is 0.748. The van der Waals surface area contributed by atoms with E-state index in [4.69, 9.17) is 10.5 Å². The molecule has 0 spiro atoms. The van der Waals surface area contributed by atoms with Crippen molar-refractivity contribution in [2.45, 2.75) is 19.4 Å². The van der Waals surface area contributed by atoms with Crippen molar-refractivity contribution < 1.29 is 4.74 Å². The molecule has 0 radical (unpaired) electrons. The Hall–Kier alpha value is -1.36. The predicted octanol–water partition coefficient (Wildman–Crippen LogP) is 0.896. The summed E-state index contributed by atoms with van der Waals surface area (Å²) in [6, 6.07) is 0. The number of aromatic nitrogens is 2. The Kier molecular flexibility index (Phi) is 3.24. The maximum Gasteiger partial charge on any atom is 0.222 e. The second-order valence-electron chi connectivity index (χ2n) is 3.66. The highest BCUT2D eigenvalue weighted by molar-refractivity contribution is 5.35. The maximum atomic E-state index is 5.46. The molecule has 0 fully saturated rings. The molecule has 5 heteroatoms. The number of nitrogens with zero attached hydrogens (tertiary/aromatic N) is 2. The molecular formula is C9H16N4O. The number of methoxy groups -OCH3 is 1. The number of anilines is 2. The summed E-state index contributed by atoms with van der Waals surface area (Å²) in [6.45, 7) is 4.61. The molecule has 3 N–H and O–H groups in total. The minimum Gasteiger partial charge on any atom is -0.396 e. The zero-order valence-electron chi connectivity index (χ0n) is 8.74. The molecule has 0 aliphatic carbocycles. The van der Waals surface area contributed by atoms with Gasteiger partial charge in [0.2, 0.25) is 5.95 Å². The molecule has 14 heavy (non-hydrogen) atoms. The van der Waals surface area contributed by atoms with Gasteiger partial charge in [-0.05, 0) is 13.8 Å². The van der Waals surface area contributed by atoms with Gasteiger partial charge in [0, 0.05) is 13.7 Å². The molecule has 1 heterocycles. The highest BCUT2D eigenvalue weighted by Crippen LogP contribution is 2.08. The van der Waals surface area contributed by atoms with Crippen molar-refractivity contribution in [3.05, 3.63) is 12.4 Å². The molecule has 0 saturated heterocycles. The Labute approximate surface area is 83.7 Å². The lowest BCUT2D eigenvalue weighted by Crippen LogP contribution is -2.32. The number of nitrogens with two attached hydrogens (primary N) is 1. The van der Waals surface area contributed by atoms with Gasteiger partial charge >= 0.3 is 0 Å². The van der Waals surface area contributed by atoms with Crippen LogP contribution in [0.25, 0.3) is 0 Å². The van der Waals surface area contributed by atoms with Gasteiger partial charge in [-0.2, -0.15) is 0 Å². The summed E-state index contributed by atoms with van der Waals surface area (Å²) in [5, 5.41) is 3.06. The van der Waals surface area contributed by atoms with E-state index in [1.54, 1.807) is 19.5 Å². The molecule has 0 atom stereocenters. The van der Waals surface area contributed by atoms with Gasteiger partial charge in [0.15, 0.2) is 0 Å². The SMILES string of the molecule is COC(C)(C)CNc1ncc(N)cn1. The zero-order chi connectivity index (χ0) is 10.6. The normalized spacial score (nSPS) is 11.4. The lowest BCUT2D eigenvalue weighted by molar-refractivity contribution is 0.0342. The number of hydrogen-bond acceptors (Lipinski definition) is 5. The first-order chi connectivity index (χ1) is 6.53. The summed E-state index contributed by atoms with van der Waals surface area (Å²) in [7, 11) is 1.67. The van der Waals surface area contributed by atoms with Gasteiger partial charge < -0.3 is 15.8 Å². The van der Waals surface area contributed by atoms with E-state index in [0.717, 1.165) is 0 Å². The van der Waals surface area contributed by atoms with Crippen LogP contribution < -0.4 is 11.1 Å². The van der Waals surface area contributed by atoms with Gasteiger partial charge in [-0.3, -0.25) is 0 Å². The van der Waals surface area contributed by atoms with E-state index in [1.165, 1.54) is 0 Å². The molecule has 5 nitrogen and oxygen atoms in total. The molecule has 0 amide bonds. The van der Waals surface area contributed by atoms with Crippen LogP contribution in [0, 0.1) is 0 Å². The van der Waals surface area contributed by atoms with Crippen molar-refractivity contribution in [3.8, 4) is 0 Å². The van der Waals surface area contributed by atoms with Crippen LogP contribution in [0.15, 0.2) is 12.4 Å². The van der Waals surface area contributed by atoms with Crippen LogP contribution in [-0.2, 0) is 4.74 Å². The standard InChI is InChI=1S/C9H16N4O/c1-9(2,14-3)6-13-8-11-4-7(10)5-12-8/h4-5H,6,10H2,1-3H3,(H,11,12,13). The first kappa shape index (κ1) is 10.7. The molecule has 0 saturated carbocycles. The molecule has 1 aromatic heterocycles. The summed E-state index contributed by atoms with van der Waals surface area (Å²) in [5.41, 5.74) is 5.78. The van der Waals surface area contributed by atoms with Crippen molar-refractivity contribution in [1.82, 2.24) is 9.97 Å². The summed E-state index contributed by atoms with van der Waals surface area (Å²) in [6.07, 6.45) is 3.13. The fourth-order valence-electron chi connectivity index (χ4n) is 0.793. The van der Waals surface area contributed by atoms with Crippen LogP contribution in [0.1, 0.15) is 13.8 Å². The average Bonchev–Trinajstić information content (AvgIpc) is 2.17. The molecule has 0 aliphatic rings.